The first-order valence-electron chi connectivity index (χ1n) is 25.0. The van der Waals surface area contributed by atoms with E-state index in [0.717, 1.165) is 55.1 Å². The third kappa shape index (κ3) is 4.09. The van der Waals surface area contributed by atoms with Crippen molar-refractivity contribution in [3.63, 3.8) is 0 Å². The third-order valence-electron chi connectivity index (χ3n) is 16.9. The second kappa shape index (κ2) is 12.4. The Morgan fingerprint density at radius 1 is 0.306 bits per heavy atom. The number of nitrogens with zero attached hydrogens (tertiary/aromatic N) is 3. The molecule has 1 aliphatic rings. The van der Waals surface area contributed by atoms with E-state index in [-0.39, 0.29) is 5.92 Å². The van der Waals surface area contributed by atoms with Crippen LogP contribution in [0.15, 0.2) is 215 Å². The molecule has 1 aliphatic carbocycles. The van der Waals surface area contributed by atoms with E-state index >= 15 is 0 Å². The third-order valence-corrected chi connectivity index (χ3v) is 16.9. The summed E-state index contributed by atoms with van der Waals surface area (Å²) in [6, 6.07) is 76.3. The Morgan fingerprint density at radius 2 is 0.819 bits per heavy atom. The molecule has 330 valence electrons. The van der Waals surface area contributed by atoms with Crippen molar-refractivity contribution in [2.24, 2.45) is 0 Å². The van der Waals surface area contributed by atoms with E-state index in [1.54, 1.807) is 0 Å². The summed E-state index contributed by atoms with van der Waals surface area (Å²) in [6.45, 7) is 0. The van der Waals surface area contributed by atoms with Gasteiger partial charge in [0.25, 0.3) is 0 Å². The van der Waals surface area contributed by atoms with Gasteiger partial charge in [-0.2, -0.15) is 0 Å². The SMILES string of the molecule is c1ccc2c(c1)-c1c(cc3c4ccccc4n4c5cc6c7c8c9ccccc9n(-c9cccc%10c9oc9ccccc9%10)c8cc8c9ccccc9n(c6cc5c1c34)c87)C2c1cccc2c1oc1ccccc12. The van der Waals surface area contributed by atoms with Gasteiger partial charge in [-0.25, -0.2) is 0 Å². The van der Waals surface area contributed by atoms with Gasteiger partial charge in [0, 0.05) is 86.9 Å². The van der Waals surface area contributed by atoms with Crippen LogP contribution in [0.3, 0.4) is 0 Å². The lowest BCUT2D eigenvalue weighted by atomic mass is 9.87. The molecule has 0 N–H and O–H groups in total. The highest BCUT2D eigenvalue weighted by molar-refractivity contribution is 6.38. The lowest BCUT2D eigenvalue weighted by Crippen LogP contribution is -1.99. The van der Waals surface area contributed by atoms with Crippen LogP contribution in [0, 0.1) is 0 Å². The van der Waals surface area contributed by atoms with Gasteiger partial charge in [0.2, 0.25) is 0 Å². The maximum absolute atomic E-state index is 6.83. The number of hydrogen-bond donors (Lipinski definition) is 0. The van der Waals surface area contributed by atoms with Gasteiger partial charge in [0.15, 0.2) is 5.58 Å². The standard InChI is InChI=1S/C67H35N3O2/c1-2-20-40-39(19-1)59(44-24-13-22-41-37-17-6-11-29-57(37)71-66(41)44)49-31-45-35-15-3-8-25-50(35)69-54-34-48-55(33-47(54)62(60(40)49)64(45)69)70-51-26-9-4-16-36(51)46-32-56-61(63(48)65(46)70)43-21-5-10-27-52(43)68(56)53-28-14-23-42-38-18-7-12-30-58(38)72-67(42)53/h1-34,59H. The molecule has 5 heteroatoms. The number of rotatable bonds is 2. The first kappa shape index (κ1) is 36.4. The van der Waals surface area contributed by atoms with Crippen LogP contribution in [0.25, 0.3) is 159 Å². The van der Waals surface area contributed by atoms with Gasteiger partial charge in [-0.3, -0.25) is 0 Å². The average Bonchev–Trinajstić information content (AvgIpc) is 4.32. The van der Waals surface area contributed by atoms with Crippen LogP contribution in [0.2, 0.25) is 0 Å². The Balaban J connectivity index is 0.996. The zero-order valence-electron chi connectivity index (χ0n) is 38.4. The number of hydrogen-bond acceptors (Lipinski definition) is 2. The van der Waals surface area contributed by atoms with Gasteiger partial charge in [-0.05, 0) is 82.9 Å². The van der Waals surface area contributed by atoms with Crippen molar-refractivity contribution in [1.82, 2.24) is 13.4 Å². The molecular weight excluding hydrogens is 879 g/mol. The minimum Gasteiger partial charge on any atom is -0.456 e. The van der Waals surface area contributed by atoms with Gasteiger partial charge in [0.05, 0.1) is 49.8 Å². The minimum absolute atomic E-state index is 0.0185. The molecule has 0 saturated heterocycles. The molecule has 0 amide bonds. The summed E-state index contributed by atoms with van der Waals surface area (Å²) in [6.07, 6.45) is 0. The highest BCUT2D eigenvalue weighted by atomic mass is 16.3. The number of aromatic nitrogens is 3. The first-order chi connectivity index (χ1) is 35.8. The van der Waals surface area contributed by atoms with Crippen molar-refractivity contribution in [1.29, 1.82) is 0 Å². The first-order valence-corrected chi connectivity index (χ1v) is 25.0. The van der Waals surface area contributed by atoms with Gasteiger partial charge in [-0.1, -0.05) is 146 Å². The second-order valence-corrected chi connectivity index (χ2v) is 20.2. The van der Waals surface area contributed by atoms with Crippen molar-refractivity contribution < 1.29 is 8.83 Å². The van der Waals surface area contributed by atoms with E-state index in [1.165, 1.54) is 120 Å². The van der Waals surface area contributed by atoms with Crippen LogP contribution in [0.1, 0.15) is 22.6 Å². The molecule has 11 aromatic carbocycles. The molecular formula is C67H35N3O2. The molecule has 0 spiro atoms. The quantitative estimate of drug-likeness (QED) is 0.173. The summed E-state index contributed by atoms with van der Waals surface area (Å²) < 4.78 is 21.2. The Morgan fingerprint density at radius 3 is 1.56 bits per heavy atom. The van der Waals surface area contributed by atoms with Gasteiger partial charge in [-0.15, -0.1) is 0 Å². The highest BCUT2D eigenvalue weighted by Crippen LogP contribution is 2.57. The molecule has 0 aliphatic heterocycles. The number of para-hydroxylation sites is 7. The predicted octanol–water partition coefficient (Wildman–Crippen LogP) is 18.0. The van der Waals surface area contributed by atoms with Gasteiger partial charge in [0.1, 0.15) is 16.7 Å². The lowest BCUT2D eigenvalue weighted by molar-refractivity contribution is 0.661. The molecule has 7 heterocycles. The number of benzene rings is 11. The smallest absolute Gasteiger partial charge is 0.159 e. The highest BCUT2D eigenvalue weighted by Gasteiger charge is 2.37. The summed E-state index contributed by atoms with van der Waals surface area (Å²) in [5.41, 5.74) is 20.9. The Kier molecular flexibility index (Phi) is 6.28. The van der Waals surface area contributed by atoms with Crippen molar-refractivity contribution >= 4 is 142 Å². The molecule has 0 fully saturated rings. The predicted molar refractivity (Wildman–Crippen MR) is 297 cm³/mol. The number of furan rings is 2. The molecule has 5 nitrogen and oxygen atoms in total. The maximum Gasteiger partial charge on any atom is 0.159 e. The molecule has 18 aromatic rings. The van der Waals surface area contributed by atoms with E-state index in [4.69, 9.17) is 8.83 Å². The average molecular weight is 914 g/mol. The minimum atomic E-state index is -0.0185. The van der Waals surface area contributed by atoms with Crippen molar-refractivity contribution in [2.45, 2.75) is 5.92 Å². The molecule has 0 radical (unpaired) electrons. The van der Waals surface area contributed by atoms with E-state index < -0.39 is 0 Å². The Labute approximate surface area is 407 Å². The van der Waals surface area contributed by atoms with E-state index in [2.05, 4.69) is 220 Å². The van der Waals surface area contributed by atoms with E-state index in [1.807, 2.05) is 0 Å². The van der Waals surface area contributed by atoms with E-state index in [0.29, 0.717) is 0 Å². The Bertz CT molecular complexity index is 5480. The molecule has 0 saturated carbocycles. The van der Waals surface area contributed by atoms with Gasteiger partial charge >= 0.3 is 0 Å². The zero-order chi connectivity index (χ0) is 46.2. The summed E-state index contributed by atoms with van der Waals surface area (Å²) in [7, 11) is 0. The normalized spacial score (nSPS) is 14.2. The van der Waals surface area contributed by atoms with Crippen molar-refractivity contribution in [3.05, 3.63) is 223 Å². The largest absolute Gasteiger partial charge is 0.456 e. The number of fused-ring (bicyclic) bond motifs is 26. The topological polar surface area (TPSA) is 40.0 Å². The van der Waals surface area contributed by atoms with Crippen LogP contribution in [0.5, 0.6) is 0 Å². The molecule has 19 rings (SSSR count). The van der Waals surface area contributed by atoms with E-state index in [9.17, 15) is 0 Å². The van der Waals surface area contributed by atoms with Crippen LogP contribution in [-0.2, 0) is 0 Å². The molecule has 72 heavy (non-hydrogen) atoms. The summed E-state index contributed by atoms with van der Waals surface area (Å²) in [5, 5.41) is 17.2. The lowest BCUT2D eigenvalue weighted by Gasteiger charge is -2.15. The van der Waals surface area contributed by atoms with Gasteiger partial charge < -0.3 is 22.2 Å². The molecule has 7 aromatic heterocycles. The molecule has 1 unspecified atom stereocenters. The monoisotopic (exact) mass is 913 g/mol. The summed E-state index contributed by atoms with van der Waals surface area (Å²) in [4.78, 5) is 0. The van der Waals surface area contributed by atoms with Crippen LogP contribution >= 0.6 is 0 Å². The van der Waals surface area contributed by atoms with Crippen LogP contribution in [-0.4, -0.2) is 13.4 Å². The fourth-order valence-corrected chi connectivity index (χ4v) is 14.3. The van der Waals surface area contributed by atoms with Crippen molar-refractivity contribution in [3.8, 4) is 16.8 Å². The zero-order valence-corrected chi connectivity index (χ0v) is 38.4. The molecule has 1 atom stereocenters. The fraction of sp³-hybridized carbons (Fsp3) is 0.0149. The van der Waals surface area contributed by atoms with Crippen LogP contribution < -0.4 is 0 Å². The maximum atomic E-state index is 6.83. The fourth-order valence-electron chi connectivity index (χ4n) is 14.3. The van der Waals surface area contributed by atoms with Crippen LogP contribution in [0.4, 0.5) is 0 Å². The second-order valence-electron chi connectivity index (χ2n) is 20.2. The Hall–Kier alpha value is -9.58. The van der Waals surface area contributed by atoms with Crippen molar-refractivity contribution in [2.75, 3.05) is 0 Å². The molecule has 0 bridgehead atoms. The summed E-state index contributed by atoms with van der Waals surface area (Å²) >= 11 is 0. The summed E-state index contributed by atoms with van der Waals surface area (Å²) in [5.74, 6) is -0.0185.